The molecular weight excluding hydrogens is 493 g/mol. The second kappa shape index (κ2) is 13.9. The van der Waals surface area contributed by atoms with Gasteiger partial charge in [0, 0.05) is 23.4 Å². The van der Waals surface area contributed by atoms with Gasteiger partial charge in [-0.1, -0.05) is 75.6 Å². The molecule has 0 bridgehead atoms. The number of hydrogen-bond donors (Lipinski definition) is 2. The Morgan fingerprint density at radius 1 is 1.03 bits per heavy atom. The summed E-state index contributed by atoms with van der Waals surface area (Å²) in [5.74, 6) is -0.758. The van der Waals surface area contributed by atoms with Crippen LogP contribution in [0.1, 0.15) is 50.3 Å². The monoisotopic (exact) mass is 531 g/mol. The van der Waals surface area contributed by atoms with Gasteiger partial charge in [-0.05, 0) is 59.7 Å². The molecule has 1 aromatic heterocycles. The molecule has 6 heteroatoms. The lowest BCUT2D eigenvalue weighted by Gasteiger charge is -2.20. The number of nitrogens with zero attached hydrogens (tertiary/aromatic N) is 1. The Labute approximate surface area is 230 Å². The molecule has 0 spiro atoms. The SMILES string of the molecule is C=C/C=C(\C=C)c1c(-c2ccccc2)c(-c2ccc(F)cc2)n(CCC(O)CC(O)CC(=O)OC)c1C(C)C. The number of aliphatic hydroxyl groups excluding tert-OH is 2. The van der Waals surface area contributed by atoms with Crippen molar-refractivity contribution < 1.29 is 24.1 Å². The minimum atomic E-state index is -1.00. The third-order valence-corrected chi connectivity index (χ3v) is 6.70. The Morgan fingerprint density at radius 3 is 2.26 bits per heavy atom. The summed E-state index contributed by atoms with van der Waals surface area (Å²) in [6, 6.07) is 16.5. The standard InChI is InChI=1S/C33H38FNO4/c1-6-11-23(7-2)30-31(24-12-9-8-10-13-24)33(25-14-16-26(34)17-15-25)35(32(30)22(3)4)19-18-27(36)20-28(37)21-29(38)39-5/h6-17,22,27-28,36-37H,1-2,18-21H2,3-5H3/b23-11+. The zero-order chi connectivity index (χ0) is 28.5. The molecule has 1 heterocycles. The summed E-state index contributed by atoms with van der Waals surface area (Å²) in [6.07, 6.45) is 3.83. The molecule has 0 amide bonds. The zero-order valence-corrected chi connectivity index (χ0v) is 22.9. The third kappa shape index (κ3) is 7.22. The van der Waals surface area contributed by atoms with Crippen molar-refractivity contribution in [3.8, 4) is 22.4 Å². The summed E-state index contributed by atoms with van der Waals surface area (Å²) in [7, 11) is 1.27. The molecule has 0 saturated heterocycles. The first-order valence-corrected chi connectivity index (χ1v) is 13.2. The van der Waals surface area contributed by atoms with Gasteiger partial charge in [-0.3, -0.25) is 4.79 Å². The maximum absolute atomic E-state index is 14.0. The van der Waals surface area contributed by atoms with Crippen LogP contribution in [0.3, 0.4) is 0 Å². The summed E-state index contributed by atoms with van der Waals surface area (Å²) in [5, 5.41) is 21.1. The zero-order valence-electron chi connectivity index (χ0n) is 22.9. The fourth-order valence-electron chi connectivity index (χ4n) is 5.00. The molecule has 3 aromatic rings. The molecular formula is C33H38FNO4. The average molecular weight is 532 g/mol. The van der Waals surface area contributed by atoms with E-state index in [2.05, 4.69) is 36.3 Å². The van der Waals surface area contributed by atoms with E-state index < -0.39 is 18.2 Å². The summed E-state index contributed by atoms with van der Waals surface area (Å²) in [4.78, 5) is 11.5. The lowest BCUT2D eigenvalue weighted by molar-refractivity contribution is -0.143. The second-order valence-electron chi connectivity index (χ2n) is 9.84. The number of benzene rings is 2. The predicted octanol–water partition coefficient (Wildman–Crippen LogP) is 6.91. The van der Waals surface area contributed by atoms with E-state index >= 15 is 0 Å². The Balaban J connectivity index is 2.23. The lowest BCUT2D eigenvalue weighted by Crippen LogP contribution is -2.23. The fourth-order valence-corrected chi connectivity index (χ4v) is 5.00. The summed E-state index contributed by atoms with van der Waals surface area (Å²) in [6.45, 7) is 12.6. The van der Waals surface area contributed by atoms with E-state index in [1.54, 1.807) is 18.2 Å². The largest absolute Gasteiger partial charge is 0.469 e. The smallest absolute Gasteiger partial charge is 0.308 e. The Hall–Kier alpha value is -3.74. The van der Waals surface area contributed by atoms with Crippen LogP contribution >= 0.6 is 0 Å². The highest BCUT2D eigenvalue weighted by Crippen LogP contribution is 2.45. The van der Waals surface area contributed by atoms with Gasteiger partial charge in [-0.2, -0.15) is 0 Å². The van der Waals surface area contributed by atoms with Gasteiger partial charge in [0.25, 0.3) is 0 Å². The van der Waals surface area contributed by atoms with Crippen molar-refractivity contribution in [3.05, 3.63) is 103 Å². The van der Waals surface area contributed by atoms with Crippen LogP contribution < -0.4 is 0 Å². The van der Waals surface area contributed by atoms with E-state index in [9.17, 15) is 19.4 Å². The summed E-state index contributed by atoms with van der Waals surface area (Å²) >= 11 is 0. The molecule has 0 aliphatic carbocycles. The van der Waals surface area contributed by atoms with Crippen LogP contribution in [-0.4, -0.2) is 40.1 Å². The molecule has 2 N–H and O–H groups in total. The second-order valence-corrected chi connectivity index (χ2v) is 9.84. The first-order chi connectivity index (χ1) is 18.7. The molecule has 2 atom stereocenters. The molecule has 0 radical (unpaired) electrons. The molecule has 5 nitrogen and oxygen atoms in total. The van der Waals surface area contributed by atoms with Crippen molar-refractivity contribution in [3.63, 3.8) is 0 Å². The Morgan fingerprint density at radius 2 is 1.69 bits per heavy atom. The Kier molecular flexibility index (Phi) is 10.6. The highest BCUT2D eigenvalue weighted by atomic mass is 19.1. The third-order valence-electron chi connectivity index (χ3n) is 6.70. The maximum Gasteiger partial charge on any atom is 0.308 e. The number of carbonyl (C=O) groups excluding carboxylic acids is 1. The van der Waals surface area contributed by atoms with Gasteiger partial charge in [-0.15, -0.1) is 0 Å². The van der Waals surface area contributed by atoms with Crippen LogP contribution in [0.2, 0.25) is 0 Å². The molecule has 2 unspecified atom stereocenters. The normalized spacial score (nSPS) is 13.3. The van der Waals surface area contributed by atoms with Gasteiger partial charge in [-0.25, -0.2) is 4.39 Å². The van der Waals surface area contributed by atoms with Crippen LogP contribution in [0.15, 0.2) is 86.0 Å². The molecule has 2 aromatic carbocycles. The van der Waals surface area contributed by atoms with Crippen molar-refractivity contribution in [1.29, 1.82) is 0 Å². The van der Waals surface area contributed by atoms with Crippen molar-refractivity contribution in [1.82, 2.24) is 4.57 Å². The molecule has 0 aliphatic rings. The van der Waals surface area contributed by atoms with Crippen molar-refractivity contribution in [2.24, 2.45) is 0 Å². The quantitative estimate of drug-likeness (QED) is 0.186. The van der Waals surface area contributed by atoms with E-state index in [4.69, 9.17) is 0 Å². The molecule has 39 heavy (non-hydrogen) atoms. The van der Waals surface area contributed by atoms with E-state index in [1.807, 2.05) is 42.5 Å². The van der Waals surface area contributed by atoms with E-state index in [1.165, 1.54) is 19.2 Å². The number of aliphatic hydroxyl groups is 2. The minimum absolute atomic E-state index is 0.0476. The molecule has 206 valence electrons. The van der Waals surface area contributed by atoms with Crippen molar-refractivity contribution >= 4 is 11.5 Å². The summed E-state index contributed by atoms with van der Waals surface area (Å²) < 4.78 is 20.8. The number of aromatic nitrogens is 1. The highest BCUT2D eigenvalue weighted by Gasteiger charge is 2.28. The van der Waals surface area contributed by atoms with E-state index in [-0.39, 0.29) is 24.6 Å². The number of esters is 1. The molecule has 0 aliphatic heterocycles. The first kappa shape index (κ1) is 29.8. The van der Waals surface area contributed by atoms with Crippen LogP contribution in [0.4, 0.5) is 4.39 Å². The Bertz CT molecular complexity index is 1310. The van der Waals surface area contributed by atoms with E-state index in [0.717, 1.165) is 39.2 Å². The number of carbonyl (C=O) groups is 1. The van der Waals surface area contributed by atoms with Crippen molar-refractivity contribution in [2.45, 2.75) is 57.8 Å². The average Bonchev–Trinajstić information content (AvgIpc) is 3.26. The number of hydrogen-bond acceptors (Lipinski definition) is 4. The van der Waals surface area contributed by atoms with Gasteiger partial charge < -0.3 is 19.5 Å². The number of halogens is 1. The van der Waals surface area contributed by atoms with Crippen LogP contribution in [-0.2, 0) is 16.1 Å². The predicted molar refractivity (Wildman–Crippen MR) is 156 cm³/mol. The van der Waals surface area contributed by atoms with Gasteiger partial charge in [0.1, 0.15) is 5.82 Å². The summed E-state index contributed by atoms with van der Waals surface area (Å²) in [5.41, 5.74) is 6.68. The van der Waals surface area contributed by atoms with Gasteiger partial charge in [0.2, 0.25) is 0 Å². The van der Waals surface area contributed by atoms with Crippen LogP contribution in [0, 0.1) is 5.82 Å². The number of allylic oxidation sites excluding steroid dienone is 4. The molecule has 0 fully saturated rings. The van der Waals surface area contributed by atoms with Crippen LogP contribution in [0.5, 0.6) is 0 Å². The molecule has 0 saturated carbocycles. The number of methoxy groups -OCH3 is 1. The lowest BCUT2D eigenvalue weighted by atomic mass is 9.90. The first-order valence-electron chi connectivity index (χ1n) is 13.2. The minimum Gasteiger partial charge on any atom is -0.469 e. The number of ether oxygens (including phenoxy) is 1. The van der Waals surface area contributed by atoms with Gasteiger partial charge in [0.05, 0.1) is 31.4 Å². The van der Waals surface area contributed by atoms with Crippen LogP contribution in [0.25, 0.3) is 28.0 Å². The maximum atomic E-state index is 14.0. The van der Waals surface area contributed by atoms with Gasteiger partial charge >= 0.3 is 5.97 Å². The number of rotatable bonds is 13. The topological polar surface area (TPSA) is 71.7 Å². The fraction of sp³-hybridized carbons (Fsp3) is 0.303. The highest BCUT2D eigenvalue weighted by molar-refractivity contribution is 5.96. The van der Waals surface area contributed by atoms with Gasteiger partial charge in [0.15, 0.2) is 0 Å². The van der Waals surface area contributed by atoms with E-state index in [0.29, 0.717) is 13.0 Å². The molecule has 3 rings (SSSR count). The van der Waals surface area contributed by atoms with Crippen molar-refractivity contribution in [2.75, 3.05) is 7.11 Å².